The van der Waals surface area contributed by atoms with E-state index in [-0.39, 0.29) is 11.3 Å². The van der Waals surface area contributed by atoms with Gasteiger partial charge in [-0.1, -0.05) is 49.4 Å². The van der Waals surface area contributed by atoms with Crippen molar-refractivity contribution in [3.63, 3.8) is 0 Å². The van der Waals surface area contributed by atoms with Gasteiger partial charge in [0.05, 0.1) is 5.56 Å². The second kappa shape index (κ2) is 5.16. The number of aromatic amines is 1. The molecule has 0 radical (unpaired) electrons. The van der Waals surface area contributed by atoms with Crippen molar-refractivity contribution in [2.45, 2.75) is 37.5 Å². The smallest absolute Gasteiger partial charge is 0.379 e. The molecule has 0 unspecified atom stereocenters. The molecule has 0 aliphatic heterocycles. The molecule has 5 rings (SSSR count). The Hall–Kier alpha value is -2.68. The molecule has 0 spiro atoms. The number of fused-ring (bicyclic) bond motifs is 6. The number of hydrogen-bond acceptors (Lipinski definition) is 2. The van der Waals surface area contributed by atoms with Crippen molar-refractivity contribution in [1.82, 2.24) is 0 Å². The van der Waals surface area contributed by atoms with Gasteiger partial charge in [-0.3, -0.25) is 4.79 Å². The summed E-state index contributed by atoms with van der Waals surface area (Å²) in [5.41, 5.74) is 4.14. The van der Waals surface area contributed by atoms with Crippen molar-refractivity contribution in [2.75, 3.05) is 0 Å². The molecule has 3 aromatic rings. The normalized spacial score (nSPS) is 24.4. The Labute approximate surface area is 146 Å². The molecule has 0 bridgehead atoms. The van der Waals surface area contributed by atoms with Crippen LogP contribution in [0.2, 0.25) is 0 Å². The van der Waals surface area contributed by atoms with Gasteiger partial charge in [-0.25, -0.2) is 0 Å². The first-order valence-corrected chi connectivity index (χ1v) is 8.92. The van der Waals surface area contributed by atoms with Crippen LogP contribution in [0.5, 0.6) is 0 Å². The van der Waals surface area contributed by atoms with Gasteiger partial charge in [0.1, 0.15) is 11.7 Å². The topological polar surface area (TPSA) is 44.4 Å². The molecule has 1 heterocycles. The predicted molar refractivity (Wildman–Crippen MR) is 95.1 cm³/mol. The van der Waals surface area contributed by atoms with Gasteiger partial charge in [-0.2, -0.15) is 4.98 Å². The summed E-state index contributed by atoms with van der Waals surface area (Å²) in [6, 6.07) is 18.4. The summed E-state index contributed by atoms with van der Waals surface area (Å²) < 4.78 is 6.25. The van der Waals surface area contributed by atoms with Crippen molar-refractivity contribution in [1.29, 1.82) is 0 Å². The molecule has 1 saturated carbocycles. The molecule has 3 heteroatoms. The fourth-order valence-electron chi connectivity index (χ4n) is 4.71. The van der Waals surface area contributed by atoms with Crippen LogP contribution in [0.4, 0.5) is 0 Å². The van der Waals surface area contributed by atoms with Gasteiger partial charge in [0, 0.05) is 17.4 Å². The molecular formula is C22H20NO2+. The van der Waals surface area contributed by atoms with Gasteiger partial charge < -0.3 is 4.42 Å². The monoisotopic (exact) mass is 330 g/mol. The average molecular weight is 330 g/mol. The molecule has 2 aliphatic carbocycles. The third kappa shape index (κ3) is 1.98. The van der Waals surface area contributed by atoms with Gasteiger partial charge in [0.15, 0.2) is 0 Å². The van der Waals surface area contributed by atoms with E-state index in [4.69, 9.17) is 4.42 Å². The Morgan fingerprint density at radius 2 is 1.84 bits per heavy atom. The lowest BCUT2D eigenvalue weighted by molar-refractivity contribution is -0.383. The lowest BCUT2D eigenvalue weighted by atomic mass is 9.58. The number of oxazole rings is 1. The van der Waals surface area contributed by atoms with Crippen molar-refractivity contribution in [3.8, 4) is 22.8 Å². The highest BCUT2D eigenvalue weighted by atomic mass is 16.4. The van der Waals surface area contributed by atoms with Crippen molar-refractivity contribution >= 4 is 5.78 Å². The van der Waals surface area contributed by atoms with Gasteiger partial charge >= 0.3 is 5.89 Å². The quantitative estimate of drug-likeness (QED) is 0.658. The van der Waals surface area contributed by atoms with E-state index in [0.29, 0.717) is 12.2 Å². The third-order valence-electron chi connectivity index (χ3n) is 5.89. The largest absolute Gasteiger partial charge is 0.397 e. The van der Waals surface area contributed by atoms with E-state index in [0.717, 1.165) is 41.3 Å². The van der Waals surface area contributed by atoms with Crippen LogP contribution in [-0.4, -0.2) is 5.78 Å². The van der Waals surface area contributed by atoms with Gasteiger partial charge in [-0.15, -0.1) is 0 Å². The summed E-state index contributed by atoms with van der Waals surface area (Å²) in [6.07, 6.45) is 2.64. The Morgan fingerprint density at radius 3 is 2.68 bits per heavy atom. The summed E-state index contributed by atoms with van der Waals surface area (Å²) in [4.78, 5) is 16.3. The van der Waals surface area contributed by atoms with E-state index in [9.17, 15) is 4.79 Å². The number of ketones is 1. The number of Topliss-reactive ketones (excluding diaryl/α,β-unsaturated/α-hetero) is 1. The second-order valence-electron chi connectivity index (χ2n) is 7.38. The van der Waals surface area contributed by atoms with Crippen LogP contribution in [0, 0.1) is 0 Å². The highest BCUT2D eigenvalue weighted by Crippen LogP contribution is 2.54. The van der Waals surface area contributed by atoms with Crippen molar-refractivity contribution in [2.24, 2.45) is 0 Å². The predicted octanol–water partition coefficient (Wildman–Crippen LogP) is 4.54. The van der Waals surface area contributed by atoms with Gasteiger partial charge in [0.25, 0.3) is 0 Å². The Balaban J connectivity index is 1.79. The van der Waals surface area contributed by atoms with E-state index in [1.54, 1.807) is 0 Å². The zero-order valence-corrected chi connectivity index (χ0v) is 14.2. The lowest BCUT2D eigenvalue weighted by Gasteiger charge is -2.41. The van der Waals surface area contributed by atoms with Crippen LogP contribution < -0.4 is 4.98 Å². The maximum absolute atomic E-state index is 12.9. The van der Waals surface area contributed by atoms with Crippen LogP contribution >= 0.6 is 0 Å². The minimum Gasteiger partial charge on any atom is -0.397 e. The Morgan fingerprint density at radius 1 is 1.08 bits per heavy atom. The van der Waals surface area contributed by atoms with Crippen LogP contribution in [0.25, 0.3) is 22.8 Å². The summed E-state index contributed by atoms with van der Waals surface area (Å²) >= 11 is 0. The lowest BCUT2D eigenvalue weighted by Crippen LogP contribution is -2.43. The van der Waals surface area contributed by atoms with Crippen LogP contribution in [0.1, 0.15) is 43.4 Å². The molecule has 2 aliphatic rings. The molecule has 1 fully saturated rings. The molecule has 124 valence electrons. The number of aromatic nitrogens is 1. The van der Waals surface area contributed by atoms with Crippen molar-refractivity contribution in [3.05, 3.63) is 65.9 Å². The van der Waals surface area contributed by atoms with E-state index < -0.39 is 0 Å². The fourth-order valence-corrected chi connectivity index (χ4v) is 4.71. The summed E-state index contributed by atoms with van der Waals surface area (Å²) in [6.45, 7) is 2.24. The fraction of sp³-hybridized carbons (Fsp3) is 0.273. The van der Waals surface area contributed by atoms with Crippen LogP contribution in [0.15, 0.2) is 59.0 Å². The molecular weight excluding hydrogens is 310 g/mol. The van der Waals surface area contributed by atoms with Gasteiger partial charge in [0.2, 0.25) is 11.5 Å². The first-order valence-electron chi connectivity index (χ1n) is 8.92. The van der Waals surface area contributed by atoms with Crippen LogP contribution in [-0.2, 0) is 10.2 Å². The van der Waals surface area contributed by atoms with Crippen molar-refractivity contribution < 1.29 is 14.2 Å². The number of rotatable bonds is 1. The third-order valence-corrected chi connectivity index (χ3v) is 5.89. The molecule has 0 amide bonds. The number of carbonyl (C=O) groups is 1. The number of benzene rings is 2. The molecule has 2 aromatic carbocycles. The number of carbonyl (C=O) groups excluding carboxylic acids is 1. The zero-order chi connectivity index (χ0) is 17.0. The van der Waals surface area contributed by atoms with E-state index in [1.165, 1.54) is 5.56 Å². The highest BCUT2D eigenvalue weighted by Gasteiger charge is 2.53. The van der Waals surface area contributed by atoms with Gasteiger partial charge in [-0.05, 0) is 30.5 Å². The highest BCUT2D eigenvalue weighted by molar-refractivity contribution is 5.92. The molecule has 1 aromatic heterocycles. The SMILES string of the molecule is C[C@@]12CCCC(=O)[C@@H]1c1[nH+]c(-c3ccccc3)oc1-c1ccccc12. The number of hydrogen-bond donors (Lipinski definition) is 0. The van der Waals surface area contributed by atoms with E-state index >= 15 is 0 Å². The Kier molecular flexibility index (Phi) is 3.02. The first kappa shape index (κ1) is 14.6. The molecule has 0 saturated heterocycles. The maximum Gasteiger partial charge on any atom is 0.379 e. The van der Waals surface area contributed by atoms with E-state index in [1.807, 2.05) is 36.4 Å². The molecule has 25 heavy (non-hydrogen) atoms. The summed E-state index contributed by atoms with van der Waals surface area (Å²) in [7, 11) is 0. The van der Waals surface area contributed by atoms with E-state index in [2.05, 4.69) is 30.1 Å². The molecule has 3 nitrogen and oxygen atoms in total. The number of nitrogens with one attached hydrogen (secondary N) is 1. The first-order chi connectivity index (χ1) is 12.2. The standard InChI is InChI=1S/C22H19NO2/c1-22-13-7-12-17(24)18(22)19-20(15-10-5-6-11-16(15)22)25-21(23-19)14-8-3-2-4-9-14/h2-6,8-11,18H,7,12-13H2,1H3/p+1/t18-,22+/m1/s1. The molecule has 2 atom stereocenters. The maximum atomic E-state index is 12.9. The second-order valence-corrected chi connectivity index (χ2v) is 7.38. The summed E-state index contributed by atoms with van der Waals surface area (Å²) in [5, 5.41) is 0. The molecule has 1 N–H and O–H groups in total. The summed E-state index contributed by atoms with van der Waals surface area (Å²) in [5.74, 6) is 1.73. The minimum absolute atomic E-state index is 0.146. The average Bonchev–Trinajstić information content (AvgIpc) is 3.07. The number of H-pyrrole nitrogens is 1. The van der Waals surface area contributed by atoms with Crippen LogP contribution in [0.3, 0.4) is 0 Å². The minimum atomic E-state index is -0.159. The zero-order valence-electron chi connectivity index (χ0n) is 14.2. The Bertz CT molecular complexity index is 973.